The molecule has 3 rings (SSSR count). The van der Waals surface area contributed by atoms with Gasteiger partial charge in [0, 0.05) is 37.6 Å². The Morgan fingerprint density at radius 2 is 1.92 bits per heavy atom. The number of aliphatic imine (C=N–C) groups is 1. The monoisotopic (exact) mass is 465 g/mol. The predicted molar refractivity (Wildman–Crippen MR) is 113 cm³/mol. The van der Waals surface area contributed by atoms with Crippen molar-refractivity contribution in [3.8, 4) is 0 Å². The first-order valence-corrected chi connectivity index (χ1v) is 9.81. The fraction of sp³-hybridized carbons (Fsp3) is 0.947. The quantitative estimate of drug-likeness (QED) is 0.340. The summed E-state index contributed by atoms with van der Waals surface area (Å²) >= 11 is 0. The number of hydrogen-bond acceptors (Lipinski definition) is 3. The van der Waals surface area contributed by atoms with Gasteiger partial charge in [0.2, 0.25) is 0 Å². The van der Waals surface area contributed by atoms with Gasteiger partial charge in [-0.2, -0.15) is 0 Å². The molecular weight excluding hydrogens is 429 g/mol. The molecule has 0 amide bonds. The zero-order valence-electron chi connectivity index (χ0n) is 16.0. The second kappa shape index (κ2) is 9.22. The molecular formula is C19H36IN3O2. The molecule has 4 unspecified atom stereocenters. The molecule has 3 aliphatic rings. The number of aliphatic hydroxyl groups is 1. The Morgan fingerprint density at radius 1 is 1.20 bits per heavy atom. The van der Waals surface area contributed by atoms with Crippen molar-refractivity contribution in [1.29, 1.82) is 0 Å². The lowest BCUT2D eigenvalue weighted by atomic mass is 9.55. The van der Waals surface area contributed by atoms with Crippen LogP contribution in [0, 0.1) is 17.3 Å². The number of guanidine groups is 1. The van der Waals surface area contributed by atoms with Gasteiger partial charge in [0.05, 0.1) is 12.2 Å². The maximum absolute atomic E-state index is 10.4. The molecule has 3 fully saturated rings. The van der Waals surface area contributed by atoms with Crippen LogP contribution in [0.25, 0.3) is 0 Å². The van der Waals surface area contributed by atoms with Gasteiger partial charge >= 0.3 is 0 Å². The molecule has 1 saturated heterocycles. The molecule has 0 spiro atoms. The highest BCUT2D eigenvalue weighted by Gasteiger charge is 2.58. The Hall–Kier alpha value is -0.0800. The van der Waals surface area contributed by atoms with Crippen LogP contribution < -0.4 is 10.6 Å². The van der Waals surface area contributed by atoms with Crippen LogP contribution in [0.5, 0.6) is 0 Å². The first kappa shape index (κ1) is 21.2. The van der Waals surface area contributed by atoms with E-state index in [1.165, 1.54) is 25.7 Å². The van der Waals surface area contributed by atoms with Crippen LogP contribution in [-0.2, 0) is 4.74 Å². The lowest BCUT2D eigenvalue weighted by Gasteiger charge is -2.60. The fourth-order valence-corrected chi connectivity index (χ4v) is 5.04. The van der Waals surface area contributed by atoms with E-state index in [4.69, 9.17) is 4.74 Å². The van der Waals surface area contributed by atoms with Crippen molar-refractivity contribution in [3.05, 3.63) is 0 Å². The molecule has 4 atom stereocenters. The molecule has 6 heteroatoms. The Bertz CT molecular complexity index is 452. The predicted octanol–water partition coefficient (Wildman–Crippen LogP) is 2.91. The van der Waals surface area contributed by atoms with Gasteiger partial charge in [-0.3, -0.25) is 4.99 Å². The molecule has 146 valence electrons. The molecule has 25 heavy (non-hydrogen) atoms. The second-order valence-electron chi connectivity index (χ2n) is 8.46. The first-order chi connectivity index (χ1) is 11.5. The topological polar surface area (TPSA) is 65.9 Å². The minimum absolute atomic E-state index is 0. The summed E-state index contributed by atoms with van der Waals surface area (Å²) < 4.78 is 5.97. The molecule has 5 nitrogen and oxygen atoms in total. The summed E-state index contributed by atoms with van der Waals surface area (Å²) in [5, 5.41) is 17.4. The van der Waals surface area contributed by atoms with Crippen molar-refractivity contribution >= 4 is 29.9 Å². The molecule has 1 heterocycles. The normalized spacial score (nSPS) is 33.4. The summed E-state index contributed by atoms with van der Waals surface area (Å²) in [5.41, 5.74) is 0.130. The van der Waals surface area contributed by atoms with Crippen LogP contribution in [-0.4, -0.2) is 49.5 Å². The van der Waals surface area contributed by atoms with E-state index in [1.54, 1.807) is 0 Å². The number of halogens is 1. The van der Waals surface area contributed by atoms with Crippen molar-refractivity contribution in [1.82, 2.24) is 10.6 Å². The Balaban J connectivity index is 0.00000225. The summed E-state index contributed by atoms with van der Waals surface area (Å²) in [7, 11) is 1.81. The third-order valence-corrected chi connectivity index (χ3v) is 6.52. The third-order valence-electron chi connectivity index (χ3n) is 6.52. The zero-order chi connectivity index (χ0) is 17.2. The highest BCUT2D eigenvalue weighted by molar-refractivity contribution is 14.0. The first-order valence-electron chi connectivity index (χ1n) is 9.81. The lowest BCUT2D eigenvalue weighted by Crippen LogP contribution is -2.71. The van der Waals surface area contributed by atoms with Crippen LogP contribution in [0.2, 0.25) is 0 Å². The van der Waals surface area contributed by atoms with Crippen LogP contribution in [0.15, 0.2) is 4.99 Å². The van der Waals surface area contributed by atoms with Gasteiger partial charge in [-0.1, -0.05) is 33.1 Å². The summed E-state index contributed by atoms with van der Waals surface area (Å²) in [4.78, 5) is 4.37. The van der Waals surface area contributed by atoms with E-state index >= 15 is 0 Å². The molecule has 3 N–H and O–H groups in total. The molecule has 0 bridgehead atoms. The summed E-state index contributed by atoms with van der Waals surface area (Å²) in [6, 6.07) is 0.390. The summed E-state index contributed by atoms with van der Waals surface area (Å²) in [6.45, 7) is 6.04. The highest BCUT2D eigenvalue weighted by Crippen LogP contribution is 2.51. The second-order valence-corrected chi connectivity index (χ2v) is 8.46. The molecule has 0 aromatic rings. The SMILES string of the molecule is CN=C(NCC(O)C1CCCCC1)NC1C2CCCOC2C1(C)C.I. The van der Waals surface area contributed by atoms with Gasteiger partial charge in [-0.05, 0) is 31.6 Å². The van der Waals surface area contributed by atoms with E-state index in [0.717, 1.165) is 31.8 Å². The maximum Gasteiger partial charge on any atom is 0.191 e. The van der Waals surface area contributed by atoms with Crippen molar-refractivity contribution in [3.63, 3.8) is 0 Å². The minimum Gasteiger partial charge on any atom is -0.391 e. The summed E-state index contributed by atoms with van der Waals surface area (Å²) in [6.07, 6.45) is 8.63. The minimum atomic E-state index is -0.274. The number of fused-ring (bicyclic) bond motifs is 1. The molecule has 0 aromatic heterocycles. The number of aliphatic hydroxyl groups excluding tert-OH is 1. The average molecular weight is 465 g/mol. The van der Waals surface area contributed by atoms with E-state index < -0.39 is 0 Å². The van der Waals surface area contributed by atoms with Gasteiger partial charge in [0.15, 0.2) is 5.96 Å². The summed E-state index contributed by atoms with van der Waals surface area (Å²) in [5.74, 6) is 1.84. The Kier molecular flexibility index (Phi) is 7.83. The molecule has 2 aliphatic carbocycles. The number of rotatable bonds is 4. The smallest absolute Gasteiger partial charge is 0.191 e. The largest absolute Gasteiger partial charge is 0.391 e. The van der Waals surface area contributed by atoms with Gasteiger partial charge < -0.3 is 20.5 Å². The van der Waals surface area contributed by atoms with E-state index in [2.05, 4.69) is 29.5 Å². The number of nitrogens with one attached hydrogen (secondary N) is 2. The van der Waals surface area contributed by atoms with Gasteiger partial charge in [-0.15, -0.1) is 24.0 Å². The van der Waals surface area contributed by atoms with E-state index in [1.807, 2.05) is 7.05 Å². The highest BCUT2D eigenvalue weighted by atomic mass is 127. The average Bonchev–Trinajstić information content (AvgIpc) is 2.62. The standard InChI is InChI=1S/C19H35N3O2.HI/c1-19(2)16(14-10-7-11-24-17(14)19)22-18(20-3)21-12-15(23)13-8-5-4-6-9-13;/h13-17,23H,4-12H2,1-3H3,(H2,20,21,22);1H. The van der Waals surface area contributed by atoms with E-state index in [-0.39, 0.29) is 35.5 Å². The molecule has 1 aliphatic heterocycles. The van der Waals surface area contributed by atoms with Crippen molar-refractivity contribution in [2.75, 3.05) is 20.2 Å². The Labute approximate surface area is 169 Å². The number of hydrogen-bond donors (Lipinski definition) is 3. The van der Waals surface area contributed by atoms with Crippen molar-refractivity contribution in [2.45, 2.75) is 77.0 Å². The van der Waals surface area contributed by atoms with E-state index in [0.29, 0.717) is 30.5 Å². The van der Waals surface area contributed by atoms with Crippen molar-refractivity contribution < 1.29 is 9.84 Å². The van der Waals surface area contributed by atoms with Crippen LogP contribution >= 0.6 is 24.0 Å². The van der Waals surface area contributed by atoms with Gasteiger partial charge in [0.25, 0.3) is 0 Å². The third kappa shape index (κ3) is 4.61. The Morgan fingerprint density at radius 3 is 2.60 bits per heavy atom. The van der Waals surface area contributed by atoms with Crippen molar-refractivity contribution in [2.24, 2.45) is 22.2 Å². The molecule has 0 aromatic carbocycles. The van der Waals surface area contributed by atoms with E-state index in [9.17, 15) is 5.11 Å². The number of nitrogens with zero attached hydrogens (tertiary/aromatic N) is 1. The van der Waals surface area contributed by atoms with Crippen LogP contribution in [0.3, 0.4) is 0 Å². The van der Waals surface area contributed by atoms with Crippen LogP contribution in [0.1, 0.15) is 58.8 Å². The zero-order valence-corrected chi connectivity index (χ0v) is 18.3. The van der Waals surface area contributed by atoms with Gasteiger partial charge in [-0.25, -0.2) is 0 Å². The maximum atomic E-state index is 10.4. The van der Waals surface area contributed by atoms with Crippen LogP contribution in [0.4, 0.5) is 0 Å². The lowest BCUT2D eigenvalue weighted by molar-refractivity contribution is -0.188. The fourth-order valence-electron chi connectivity index (χ4n) is 5.04. The molecule has 0 radical (unpaired) electrons. The number of ether oxygens (including phenoxy) is 1. The van der Waals surface area contributed by atoms with Gasteiger partial charge in [0.1, 0.15) is 0 Å². The molecule has 2 saturated carbocycles.